The molecule has 0 radical (unpaired) electrons. The number of anilines is 1. The van der Waals surface area contributed by atoms with Crippen LogP contribution in [0.15, 0.2) is 88.3 Å². The quantitative estimate of drug-likeness (QED) is 0.397. The van der Waals surface area contributed by atoms with E-state index in [1.165, 1.54) is 11.8 Å². The number of rotatable bonds is 6. The average molecular weight is 543 g/mol. The Labute approximate surface area is 210 Å². The van der Waals surface area contributed by atoms with Crippen molar-refractivity contribution in [3.8, 4) is 0 Å². The standard InChI is InChI=1S/C25H21BrClN3O2S/c26-18-6-10-20(11-7-18)28-24(32)22-16-23(31)30(15-14-17-4-2-1-3-5-17)25(33-22)29-21-12-8-19(27)9-13-21/h1-13,22H,14-16H2,(H,28,32). The van der Waals surface area contributed by atoms with E-state index in [4.69, 9.17) is 16.6 Å². The molecule has 1 fully saturated rings. The first-order chi connectivity index (χ1) is 16.0. The van der Waals surface area contributed by atoms with Crippen molar-refractivity contribution >= 4 is 67.6 Å². The van der Waals surface area contributed by atoms with E-state index >= 15 is 0 Å². The molecule has 0 aromatic heterocycles. The second-order valence-corrected chi connectivity index (χ2v) is 9.98. The van der Waals surface area contributed by atoms with E-state index in [1.807, 2.05) is 54.6 Å². The first kappa shape index (κ1) is 23.5. The van der Waals surface area contributed by atoms with Gasteiger partial charge in [0, 0.05) is 28.1 Å². The molecule has 5 nitrogen and oxygen atoms in total. The van der Waals surface area contributed by atoms with Crippen molar-refractivity contribution in [1.29, 1.82) is 0 Å². The van der Waals surface area contributed by atoms with Crippen LogP contribution in [0.1, 0.15) is 12.0 Å². The lowest BCUT2D eigenvalue weighted by atomic mass is 10.1. The molecule has 3 aromatic carbocycles. The molecular formula is C25H21BrClN3O2S. The number of amides is 2. The minimum Gasteiger partial charge on any atom is -0.325 e. The number of benzene rings is 3. The molecule has 1 saturated heterocycles. The molecule has 168 valence electrons. The number of carbonyl (C=O) groups is 2. The maximum atomic E-state index is 13.1. The van der Waals surface area contributed by atoms with Crippen LogP contribution >= 0.6 is 39.3 Å². The third-order valence-electron chi connectivity index (χ3n) is 5.06. The van der Waals surface area contributed by atoms with Crippen LogP contribution in [0, 0.1) is 0 Å². The molecule has 1 N–H and O–H groups in total. The van der Waals surface area contributed by atoms with Gasteiger partial charge in [0.25, 0.3) is 0 Å². The summed E-state index contributed by atoms with van der Waals surface area (Å²) < 4.78 is 0.925. The van der Waals surface area contributed by atoms with Crippen LogP contribution in [0.2, 0.25) is 5.02 Å². The van der Waals surface area contributed by atoms with Gasteiger partial charge in [-0.25, -0.2) is 4.99 Å². The van der Waals surface area contributed by atoms with E-state index in [1.54, 1.807) is 29.2 Å². The fourth-order valence-electron chi connectivity index (χ4n) is 3.33. The largest absolute Gasteiger partial charge is 0.325 e. The van der Waals surface area contributed by atoms with E-state index in [2.05, 4.69) is 21.2 Å². The third kappa shape index (κ3) is 6.47. The van der Waals surface area contributed by atoms with Gasteiger partial charge in [-0.05, 0) is 60.5 Å². The Morgan fingerprint density at radius 1 is 1.06 bits per heavy atom. The van der Waals surface area contributed by atoms with Crippen LogP contribution in [0.5, 0.6) is 0 Å². The Kier molecular flexibility index (Phi) is 7.85. The molecule has 4 rings (SSSR count). The van der Waals surface area contributed by atoms with Gasteiger partial charge in [-0.15, -0.1) is 0 Å². The first-order valence-corrected chi connectivity index (χ1v) is 12.4. The van der Waals surface area contributed by atoms with Crippen molar-refractivity contribution in [3.63, 3.8) is 0 Å². The van der Waals surface area contributed by atoms with Crippen molar-refractivity contribution in [2.45, 2.75) is 18.1 Å². The number of halogens is 2. The summed E-state index contributed by atoms with van der Waals surface area (Å²) in [7, 11) is 0. The van der Waals surface area contributed by atoms with Crippen molar-refractivity contribution in [2.24, 2.45) is 4.99 Å². The number of hydrogen-bond donors (Lipinski definition) is 1. The highest BCUT2D eigenvalue weighted by Crippen LogP contribution is 2.30. The van der Waals surface area contributed by atoms with Crippen molar-refractivity contribution < 1.29 is 9.59 Å². The van der Waals surface area contributed by atoms with Crippen molar-refractivity contribution in [2.75, 3.05) is 11.9 Å². The highest BCUT2D eigenvalue weighted by Gasteiger charge is 2.35. The summed E-state index contributed by atoms with van der Waals surface area (Å²) in [6.45, 7) is 0.489. The van der Waals surface area contributed by atoms with Crippen LogP contribution < -0.4 is 5.32 Å². The molecule has 1 aliphatic heterocycles. The Morgan fingerprint density at radius 2 is 1.76 bits per heavy atom. The van der Waals surface area contributed by atoms with E-state index in [0.717, 1.165) is 10.0 Å². The predicted molar refractivity (Wildman–Crippen MR) is 139 cm³/mol. The van der Waals surface area contributed by atoms with Gasteiger partial charge in [0.2, 0.25) is 11.8 Å². The average Bonchev–Trinajstić information content (AvgIpc) is 2.82. The molecule has 2 amide bonds. The first-order valence-electron chi connectivity index (χ1n) is 10.4. The Bertz CT molecular complexity index is 1150. The molecule has 3 aromatic rings. The summed E-state index contributed by atoms with van der Waals surface area (Å²) >= 11 is 10.7. The van der Waals surface area contributed by atoms with Gasteiger partial charge in [-0.1, -0.05) is 69.6 Å². The number of nitrogens with one attached hydrogen (secondary N) is 1. The maximum Gasteiger partial charge on any atom is 0.238 e. The van der Waals surface area contributed by atoms with Crippen LogP contribution in [0.4, 0.5) is 11.4 Å². The minimum atomic E-state index is -0.569. The van der Waals surface area contributed by atoms with E-state index in [9.17, 15) is 9.59 Å². The van der Waals surface area contributed by atoms with Gasteiger partial charge < -0.3 is 5.32 Å². The number of carbonyl (C=O) groups excluding carboxylic acids is 2. The zero-order chi connectivity index (χ0) is 23.2. The summed E-state index contributed by atoms with van der Waals surface area (Å²) in [4.78, 5) is 32.4. The molecule has 0 aliphatic carbocycles. The minimum absolute atomic E-state index is 0.113. The molecule has 1 unspecified atom stereocenters. The SMILES string of the molecule is O=C(Nc1ccc(Br)cc1)C1CC(=O)N(CCc2ccccc2)C(=Nc2ccc(Cl)cc2)S1. The van der Waals surface area contributed by atoms with Gasteiger partial charge in [0.05, 0.1) is 5.69 Å². The molecule has 1 heterocycles. The molecule has 1 aliphatic rings. The van der Waals surface area contributed by atoms with E-state index in [-0.39, 0.29) is 18.2 Å². The van der Waals surface area contributed by atoms with E-state index in [0.29, 0.717) is 34.5 Å². The number of amidine groups is 1. The van der Waals surface area contributed by atoms with Crippen molar-refractivity contribution in [1.82, 2.24) is 4.90 Å². The van der Waals surface area contributed by atoms with Gasteiger partial charge in [-0.2, -0.15) is 0 Å². The Balaban J connectivity index is 1.54. The van der Waals surface area contributed by atoms with Gasteiger partial charge in [0.1, 0.15) is 5.25 Å². The fourth-order valence-corrected chi connectivity index (χ4v) is 4.84. The molecule has 0 spiro atoms. The van der Waals surface area contributed by atoms with Crippen LogP contribution in [0.25, 0.3) is 0 Å². The predicted octanol–water partition coefficient (Wildman–Crippen LogP) is 6.31. The highest BCUT2D eigenvalue weighted by molar-refractivity contribution is 9.10. The summed E-state index contributed by atoms with van der Waals surface area (Å²) in [6.07, 6.45) is 0.810. The van der Waals surface area contributed by atoms with Crippen LogP contribution in [-0.2, 0) is 16.0 Å². The number of thioether (sulfide) groups is 1. The molecule has 0 saturated carbocycles. The Hall–Kier alpha value is -2.61. The van der Waals surface area contributed by atoms with Crippen LogP contribution in [0.3, 0.4) is 0 Å². The highest BCUT2D eigenvalue weighted by atomic mass is 79.9. The Morgan fingerprint density at radius 3 is 2.45 bits per heavy atom. The summed E-state index contributed by atoms with van der Waals surface area (Å²) in [6, 6.07) is 24.4. The summed E-state index contributed by atoms with van der Waals surface area (Å²) in [5.41, 5.74) is 2.49. The molecule has 33 heavy (non-hydrogen) atoms. The smallest absolute Gasteiger partial charge is 0.238 e. The maximum absolute atomic E-state index is 13.1. The van der Waals surface area contributed by atoms with E-state index < -0.39 is 5.25 Å². The lowest BCUT2D eigenvalue weighted by molar-refractivity contribution is -0.129. The lowest BCUT2D eigenvalue weighted by Gasteiger charge is -2.32. The second kappa shape index (κ2) is 11.0. The number of aliphatic imine (C=N–C) groups is 1. The normalized spacial score (nSPS) is 17.3. The van der Waals surface area contributed by atoms with Gasteiger partial charge in [-0.3, -0.25) is 14.5 Å². The number of hydrogen-bond acceptors (Lipinski definition) is 4. The fraction of sp³-hybridized carbons (Fsp3) is 0.160. The topological polar surface area (TPSA) is 61.8 Å². The molecule has 8 heteroatoms. The van der Waals surface area contributed by atoms with Crippen molar-refractivity contribution in [3.05, 3.63) is 93.9 Å². The zero-order valence-electron chi connectivity index (χ0n) is 17.6. The van der Waals surface area contributed by atoms with Gasteiger partial charge in [0.15, 0.2) is 5.17 Å². The third-order valence-corrected chi connectivity index (χ3v) is 7.03. The molecule has 0 bridgehead atoms. The monoisotopic (exact) mass is 541 g/mol. The number of nitrogens with zero attached hydrogens (tertiary/aromatic N) is 2. The van der Waals surface area contributed by atoms with Crippen LogP contribution in [-0.4, -0.2) is 33.7 Å². The summed E-state index contributed by atoms with van der Waals surface area (Å²) in [5, 5.41) is 3.46. The lowest BCUT2D eigenvalue weighted by Crippen LogP contribution is -2.46. The molecular weight excluding hydrogens is 522 g/mol. The molecule has 1 atom stereocenters. The zero-order valence-corrected chi connectivity index (χ0v) is 20.7. The van der Waals surface area contributed by atoms with Gasteiger partial charge >= 0.3 is 0 Å². The summed E-state index contributed by atoms with van der Waals surface area (Å²) in [5.74, 6) is -0.337. The second-order valence-electron chi connectivity index (χ2n) is 7.46.